The van der Waals surface area contributed by atoms with Crippen molar-refractivity contribution in [3.8, 4) is 17.0 Å². The van der Waals surface area contributed by atoms with Crippen LogP contribution in [0.4, 0.5) is 14.6 Å². The van der Waals surface area contributed by atoms with Crippen molar-refractivity contribution in [3.63, 3.8) is 0 Å². The lowest BCUT2D eigenvalue weighted by molar-refractivity contribution is 0.147. The Hall–Kier alpha value is -2.11. The molecule has 1 heterocycles. The summed E-state index contributed by atoms with van der Waals surface area (Å²) in [6.07, 6.45) is -2.60. The molecule has 2 rings (SSSR count). The quantitative estimate of drug-likeness (QED) is 0.884. The van der Waals surface area contributed by atoms with E-state index in [2.05, 4.69) is 10.2 Å². The number of alkyl halides is 2. The average Bonchev–Trinajstić information content (AvgIpc) is 2.74. The van der Waals surface area contributed by atoms with Gasteiger partial charge in [-0.1, -0.05) is 0 Å². The molecular weight excluding hydrogens is 240 g/mol. The van der Waals surface area contributed by atoms with Crippen LogP contribution in [0.1, 0.15) is 17.6 Å². The van der Waals surface area contributed by atoms with Crippen LogP contribution < -0.4 is 10.5 Å². The van der Waals surface area contributed by atoms with Crippen LogP contribution in [0.2, 0.25) is 0 Å². The fourth-order valence-electron chi connectivity index (χ4n) is 1.87. The Morgan fingerprint density at radius 3 is 2.56 bits per heavy atom. The number of H-pyrrole nitrogens is 1. The number of aromatic nitrogens is 2. The van der Waals surface area contributed by atoms with E-state index in [1.54, 1.807) is 19.1 Å². The number of anilines is 1. The third-order valence-electron chi connectivity index (χ3n) is 2.59. The summed E-state index contributed by atoms with van der Waals surface area (Å²) in [4.78, 5) is 0. The average molecular weight is 253 g/mol. The van der Waals surface area contributed by atoms with E-state index in [-0.39, 0.29) is 11.3 Å². The Morgan fingerprint density at radius 1 is 1.33 bits per heavy atom. The fraction of sp³-hybridized carbons (Fsp3) is 0.250. The Morgan fingerprint density at radius 2 is 2.06 bits per heavy atom. The number of methoxy groups -OCH3 is 1. The first-order chi connectivity index (χ1) is 8.52. The van der Waals surface area contributed by atoms with Gasteiger partial charge < -0.3 is 10.5 Å². The molecule has 0 aliphatic carbocycles. The molecule has 0 aliphatic heterocycles. The Kier molecular flexibility index (Phi) is 3.18. The molecule has 96 valence electrons. The zero-order valence-corrected chi connectivity index (χ0v) is 10.00. The normalized spacial score (nSPS) is 10.9. The number of hydrogen-bond donors (Lipinski definition) is 2. The molecule has 2 aromatic rings. The first kappa shape index (κ1) is 12.3. The highest BCUT2D eigenvalue weighted by Gasteiger charge is 2.19. The smallest absolute Gasteiger partial charge is 0.267 e. The second kappa shape index (κ2) is 4.64. The van der Waals surface area contributed by atoms with Crippen molar-refractivity contribution in [2.24, 2.45) is 0 Å². The van der Waals surface area contributed by atoms with Gasteiger partial charge in [-0.15, -0.1) is 0 Å². The molecule has 0 aliphatic rings. The van der Waals surface area contributed by atoms with Gasteiger partial charge in [0.1, 0.15) is 11.6 Å². The summed E-state index contributed by atoms with van der Waals surface area (Å²) >= 11 is 0. The number of aryl methyl sites for hydroxylation is 1. The molecule has 6 heteroatoms. The van der Waals surface area contributed by atoms with Crippen molar-refractivity contribution in [1.29, 1.82) is 0 Å². The van der Waals surface area contributed by atoms with Gasteiger partial charge in [0.05, 0.1) is 18.4 Å². The van der Waals surface area contributed by atoms with Gasteiger partial charge in [0.15, 0.2) is 0 Å². The van der Waals surface area contributed by atoms with Crippen molar-refractivity contribution in [3.05, 3.63) is 29.3 Å². The predicted octanol–water partition coefficient (Wildman–Crippen LogP) is 2.91. The molecule has 0 fully saturated rings. The molecule has 4 nitrogen and oxygen atoms in total. The fourth-order valence-corrected chi connectivity index (χ4v) is 1.87. The second-order valence-electron chi connectivity index (χ2n) is 3.94. The monoisotopic (exact) mass is 253 g/mol. The number of nitrogens with one attached hydrogen (secondary N) is 1. The maximum absolute atomic E-state index is 13.0. The molecule has 0 bridgehead atoms. The van der Waals surface area contributed by atoms with Gasteiger partial charge in [0, 0.05) is 11.6 Å². The number of ether oxygens (including phenoxy) is 1. The molecule has 18 heavy (non-hydrogen) atoms. The maximum atomic E-state index is 13.0. The molecule has 1 aromatic heterocycles. The van der Waals surface area contributed by atoms with E-state index in [1.807, 2.05) is 0 Å². The Bertz CT molecular complexity index is 566. The molecular formula is C12H13F2N3O. The topological polar surface area (TPSA) is 63.9 Å². The molecule has 0 atom stereocenters. The van der Waals surface area contributed by atoms with Crippen molar-refractivity contribution in [1.82, 2.24) is 10.2 Å². The third kappa shape index (κ3) is 2.13. The number of benzene rings is 1. The summed E-state index contributed by atoms with van der Waals surface area (Å²) < 4.78 is 31.0. The summed E-state index contributed by atoms with van der Waals surface area (Å²) in [5, 5.41) is 6.47. The van der Waals surface area contributed by atoms with Gasteiger partial charge in [-0.3, -0.25) is 5.10 Å². The highest BCUT2D eigenvalue weighted by atomic mass is 19.3. The first-order valence-corrected chi connectivity index (χ1v) is 5.31. The molecule has 0 saturated carbocycles. The zero-order valence-electron chi connectivity index (χ0n) is 10.00. The summed E-state index contributed by atoms with van der Waals surface area (Å²) in [7, 11) is 1.36. The van der Waals surface area contributed by atoms with Gasteiger partial charge in [-0.2, -0.15) is 5.10 Å². The number of nitrogens with two attached hydrogens (primary N) is 1. The van der Waals surface area contributed by atoms with E-state index < -0.39 is 6.43 Å². The standard InChI is InChI=1S/C12H13F2N3O/c1-6-3-7(9-5-10(15)17-16-9)11(18-2)8(4-6)12(13)14/h3-5,12H,1-2H3,(H3,15,16,17). The van der Waals surface area contributed by atoms with Gasteiger partial charge in [0.2, 0.25) is 0 Å². The highest BCUT2D eigenvalue weighted by Crippen LogP contribution is 2.38. The van der Waals surface area contributed by atoms with Crippen LogP contribution in [0.15, 0.2) is 18.2 Å². The molecule has 3 N–H and O–H groups in total. The second-order valence-corrected chi connectivity index (χ2v) is 3.94. The van der Waals surface area contributed by atoms with Crippen molar-refractivity contribution in [2.75, 3.05) is 12.8 Å². The van der Waals surface area contributed by atoms with Crippen molar-refractivity contribution in [2.45, 2.75) is 13.3 Å². The molecule has 0 spiro atoms. The number of halogens is 2. The van der Waals surface area contributed by atoms with Crippen LogP contribution in [0.3, 0.4) is 0 Å². The van der Waals surface area contributed by atoms with Gasteiger partial charge in [-0.05, 0) is 24.6 Å². The minimum absolute atomic E-state index is 0.138. The SMILES string of the molecule is COc1c(-c2cc(N)n[nH]2)cc(C)cc1C(F)F. The molecule has 0 unspecified atom stereocenters. The van der Waals surface area contributed by atoms with Gasteiger partial charge in [-0.25, -0.2) is 8.78 Å². The van der Waals surface area contributed by atoms with Crippen LogP contribution in [0, 0.1) is 6.92 Å². The lowest BCUT2D eigenvalue weighted by Crippen LogP contribution is -1.97. The number of nitrogen functional groups attached to an aromatic ring is 1. The van der Waals surface area contributed by atoms with Gasteiger partial charge >= 0.3 is 0 Å². The lowest BCUT2D eigenvalue weighted by Gasteiger charge is -2.13. The summed E-state index contributed by atoms with van der Waals surface area (Å²) in [5.74, 6) is 0.436. The van der Waals surface area contributed by atoms with Crippen LogP contribution in [0.25, 0.3) is 11.3 Å². The maximum Gasteiger partial charge on any atom is 0.267 e. The first-order valence-electron chi connectivity index (χ1n) is 5.31. The Labute approximate surface area is 103 Å². The van der Waals surface area contributed by atoms with Crippen molar-refractivity contribution < 1.29 is 13.5 Å². The molecule has 0 saturated heterocycles. The van der Waals surface area contributed by atoms with Crippen LogP contribution in [0.5, 0.6) is 5.75 Å². The van der Waals surface area contributed by atoms with E-state index in [0.717, 1.165) is 0 Å². The summed E-state index contributed by atoms with van der Waals surface area (Å²) in [6.45, 7) is 1.74. The van der Waals surface area contributed by atoms with E-state index in [9.17, 15) is 8.78 Å². The van der Waals surface area contributed by atoms with E-state index in [4.69, 9.17) is 10.5 Å². The number of aromatic amines is 1. The zero-order chi connectivity index (χ0) is 13.3. The molecule has 1 aromatic carbocycles. The predicted molar refractivity (Wildman–Crippen MR) is 64.7 cm³/mol. The van der Waals surface area contributed by atoms with Gasteiger partial charge in [0.25, 0.3) is 6.43 Å². The van der Waals surface area contributed by atoms with E-state index in [1.165, 1.54) is 13.2 Å². The Balaban J connectivity index is 2.65. The minimum Gasteiger partial charge on any atom is -0.496 e. The van der Waals surface area contributed by atoms with Crippen LogP contribution in [-0.2, 0) is 0 Å². The highest BCUT2D eigenvalue weighted by molar-refractivity contribution is 5.72. The number of rotatable bonds is 3. The van der Waals surface area contributed by atoms with Crippen LogP contribution in [-0.4, -0.2) is 17.3 Å². The largest absolute Gasteiger partial charge is 0.496 e. The van der Waals surface area contributed by atoms with Crippen LogP contribution >= 0.6 is 0 Å². The van der Waals surface area contributed by atoms with Crippen molar-refractivity contribution >= 4 is 5.82 Å². The minimum atomic E-state index is -2.60. The summed E-state index contributed by atoms with van der Waals surface area (Å²) in [5.41, 5.74) is 7.17. The summed E-state index contributed by atoms with van der Waals surface area (Å²) in [6, 6.07) is 4.73. The number of nitrogens with zero attached hydrogens (tertiary/aromatic N) is 1. The third-order valence-corrected chi connectivity index (χ3v) is 2.59. The molecule has 0 radical (unpaired) electrons. The van der Waals surface area contributed by atoms with E-state index in [0.29, 0.717) is 22.6 Å². The van der Waals surface area contributed by atoms with E-state index >= 15 is 0 Å². The molecule has 0 amide bonds. The lowest BCUT2D eigenvalue weighted by atomic mass is 10.0. The number of hydrogen-bond acceptors (Lipinski definition) is 3.